The highest BCUT2D eigenvalue weighted by Gasteiger charge is 2.58. The maximum Gasteiger partial charge on any atom is 0.338 e. The van der Waals surface area contributed by atoms with E-state index in [2.05, 4.69) is 0 Å². The molecule has 0 saturated heterocycles. The average Bonchev–Trinajstić information content (AvgIpc) is 2.90. The second-order valence-corrected chi connectivity index (χ2v) is 8.89. The number of benzene rings is 2. The lowest BCUT2D eigenvalue weighted by Crippen LogP contribution is -2.47. The number of ketones is 3. The molecule has 2 aliphatic rings. The number of rotatable bonds is 4. The van der Waals surface area contributed by atoms with Crippen molar-refractivity contribution in [1.29, 1.82) is 0 Å². The number of aryl methyl sites for hydroxylation is 1. The quantitative estimate of drug-likeness (QED) is 0.590. The van der Waals surface area contributed by atoms with Crippen LogP contribution in [0.1, 0.15) is 45.5 Å². The first-order valence-electron chi connectivity index (χ1n) is 9.35. The van der Waals surface area contributed by atoms with Crippen LogP contribution in [0.15, 0.2) is 64.8 Å². The lowest BCUT2D eigenvalue weighted by Gasteiger charge is -2.27. The Morgan fingerprint density at radius 3 is 2.03 bits per heavy atom. The third-order valence-electron chi connectivity index (χ3n) is 5.32. The molecule has 0 bridgehead atoms. The van der Waals surface area contributed by atoms with Gasteiger partial charge in [0.15, 0.2) is 5.78 Å². The fourth-order valence-electron chi connectivity index (χ4n) is 3.79. The maximum atomic E-state index is 12.9. The Labute approximate surface area is 173 Å². The lowest BCUT2D eigenvalue weighted by atomic mass is 9.80. The first kappa shape index (κ1) is 20.2. The Morgan fingerprint density at radius 2 is 1.47 bits per heavy atom. The summed E-state index contributed by atoms with van der Waals surface area (Å²) in [5.41, 5.74) is -2.57. The molecule has 0 amide bonds. The van der Waals surface area contributed by atoms with Crippen LogP contribution in [0.2, 0.25) is 0 Å². The minimum Gasteiger partial charge on any atom is -0.383 e. The average molecular weight is 426 g/mol. The molecule has 4 rings (SSSR count). The predicted molar refractivity (Wildman–Crippen MR) is 105 cm³/mol. The summed E-state index contributed by atoms with van der Waals surface area (Å²) in [6.07, 6.45) is 0.226. The number of carbonyl (C=O) groups excluding carboxylic acids is 3. The van der Waals surface area contributed by atoms with E-state index in [0.29, 0.717) is 0 Å². The fourth-order valence-corrected chi connectivity index (χ4v) is 4.78. The van der Waals surface area contributed by atoms with E-state index >= 15 is 0 Å². The molecule has 154 valence electrons. The zero-order valence-corrected chi connectivity index (χ0v) is 16.9. The van der Waals surface area contributed by atoms with Crippen LogP contribution >= 0.6 is 0 Å². The molecule has 2 aromatic rings. The van der Waals surface area contributed by atoms with Crippen LogP contribution in [0.3, 0.4) is 0 Å². The zero-order chi connectivity index (χ0) is 21.7. The van der Waals surface area contributed by atoms with E-state index in [0.717, 1.165) is 5.56 Å². The molecule has 7 nitrogen and oxygen atoms in total. The van der Waals surface area contributed by atoms with E-state index in [9.17, 15) is 27.9 Å². The molecule has 0 radical (unpaired) electrons. The van der Waals surface area contributed by atoms with Crippen LogP contribution in [0, 0.1) is 6.92 Å². The molecule has 0 aromatic heterocycles. The van der Waals surface area contributed by atoms with Crippen molar-refractivity contribution in [2.24, 2.45) is 0 Å². The highest BCUT2D eigenvalue weighted by atomic mass is 32.2. The van der Waals surface area contributed by atoms with Crippen LogP contribution in [-0.4, -0.2) is 36.5 Å². The molecule has 30 heavy (non-hydrogen) atoms. The number of allylic oxidation sites excluding steroid dienone is 1. The van der Waals surface area contributed by atoms with Gasteiger partial charge in [0.1, 0.15) is 10.7 Å². The van der Waals surface area contributed by atoms with Gasteiger partial charge in [0, 0.05) is 24.0 Å². The van der Waals surface area contributed by atoms with E-state index in [1.807, 2.05) is 0 Å². The summed E-state index contributed by atoms with van der Waals surface area (Å²) >= 11 is 0. The molecule has 0 atom stereocenters. The Bertz CT molecular complexity index is 1190. The van der Waals surface area contributed by atoms with E-state index < -0.39 is 38.6 Å². The summed E-state index contributed by atoms with van der Waals surface area (Å²) in [6, 6.07) is 11.7. The van der Waals surface area contributed by atoms with Crippen molar-refractivity contribution in [3.8, 4) is 0 Å². The molecule has 0 spiro atoms. The van der Waals surface area contributed by atoms with Crippen molar-refractivity contribution in [2.45, 2.75) is 36.7 Å². The molecule has 0 heterocycles. The van der Waals surface area contributed by atoms with Crippen LogP contribution in [-0.2, 0) is 19.1 Å². The SMILES string of the molecule is Cc1ccc(S(=O)(=O)OC2=C(C3(O)C(=O)c4ccccc4C3=O)C(=O)CCC2)cc1. The van der Waals surface area contributed by atoms with Gasteiger partial charge in [-0.3, -0.25) is 14.4 Å². The summed E-state index contributed by atoms with van der Waals surface area (Å²) < 4.78 is 30.7. The molecule has 8 heteroatoms. The summed E-state index contributed by atoms with van der Waals surface area (Å²) in [7, 11) is -4.34. The number of hydrogen-bond donors (Lipinski definition) is 1. The second-order valence-electron chi connectivity index (χ2n) is 7.34. The van der Waals surface area contributed by atoms with Gasteiger partial charge < -0.3 is 9.29 Å². The van der Waals surface area contributed by atoms with Gasteiger partial charge in [0.25, 0.3) is 0 Å². The normalized spacial score (nSPS) is 18.5. The van der Waals surface area contributed by atoms with E-state index in [-0.39, 0.29) is 41.0 Å². The number of fused-ring (bicyclic) bond motifs is 1. The second kappa shape index (κ2) is 7.00. The molecule has 0 unspecified atom stereocenters. The molecule has 1 N–H and O–H groups in total. The van der Waals surface area contributed by atoms with Crippen molar-refractivity contribution in [3.05, 3.63) is 76.6 Å². The van der Waals surface area contributed by atoms with E-state index in [1.54, 1.807) is 19.1 Å². The smallest absolute Gasteiger partial charge is 0.338 e. The highest BCUT2D eigenvalue weighted by Crippen LogP contribution is 2.41. The van der Waals surface area contributed by atoms with Gasteiger partial charge in [-0.2, -0.15) is 8.42 Å². The van der Waals surface area contributed by atoms with Crippen LogP contribution in [0.25, 0.3) is 0 Å². The van der Waals surface area contributed by atoms with Gasteiger partial charge in [0.05, 0.1) is 5.57 Å². The van der Waals surface area contributed by atoms with Gasteiger partial charge in [-0.05, 0) is 25.5 Å². The van der Waals surface area contributed by atoms with Gasteiger partial charge in [-0.1, -0.05) is 42.0 Å². The Morgan fingerprint density at radius 1 is 0.900 bits per heavy atom. The summed E-state index contributed by atoms with van der Waals surface area (Å²) in [4.78, 5) is 38.4. The van der Waals surface area contributed by atoms with Gasteiger partial charge in [-0.15, -0.1) is 0 Å². The third kappa shape index (κ3) is 3.00. The molecular formula is C22H18O7S. The van der Waals surface area contributed by atoms with Gasteiger partial charge in [0.2, 0.25) is 17.2 Å². The summed E-state index contributed by atoms with van der Waals surface area (Å²) in [5, 5.41) is 11.2. The zero-order valence-electron chi connectivity index (χ0n) is 16.0. The Hall–Kier alpha value is -3.10. The highest BCUT2D eigenvalue weighted by molar-refractivity contribution is 7.86. The molecule has 0 saturated carbocycles. The monoisotopic (exact) mass is 426 g/mol. The van der Waals surface area contributed by atoms with Crippen molar-refractivity contribution < 1.29 is 32.1 Å². The van der Waals surface area contributed by atoms with Crippen LogP contribution in [0.4, 0.5) is 0 Å². The third-order valence-corrected chi connectivity index (χ3v) is 6.59. The topological polar surface area (TPSA) is 115 Å². The van der Waals surface area contributed by atoms with Crippen LogP contribution in [0.5, 0.6) is 0 Å². The molecular weight excluding hydrogens is 408 g/mol. The van der Waals surface area contributed by atoms with Crippen molar-refractivity contribution in [3.63, 3.8) is 0 Å². The van der Waals surface area contributed by atoms with Crippen molar-refractivity contribution in [1.82, 2.24) is 0 Å². The number of hydrogen-bond acceptors (Lipinski definition) is 7. The minimum absolute atomic E-state index is 0.00855. The molecule has 2 aliphatic carbocycles. The van der Waals surface area contributed by atoms with E-state index in [1.165, 1.54) is 36.4 Å². The first-order valence-corrected chi connectivity index (χ1v) is 10.8. The summed E-state index contributed by atoms with van der Waals surface area (Å²) in [5.74, 6) is -2.97. The van der Waals surface area contributed by atoms with Gasteiger partial charge in [-0.25, -0.2) is 0 Å². The molecule has 0 aliphatic heterocycles. The predicted octanol–water partition coefficient (Wildman–Crippen LogP) is 2.52. The number of Topliss-reactive ketones (excluding diaryl/α,β-unsaturated/α-hetero) is 3. The minimum atomic E-state index is -4.34. The fraction of sp³-hybridized carbons (Fsp3) is 0.227. The standard InChI is InChI=1S/C22H18O7S/c1-13-9-11-14(12-10-13)30(27,28)29-18-8-4-7-17(23)19(18)22(26)20(24)15-5-2-3-6-16(15)21(22)25/h2-3,5-6,9-12,26H,4,7-8H2,1H3. The van der Waals surface area contributed by atoms with E-state index in [4.69, 9.17) is 4.18 Å². The number of carbonyl (C=O) groups is 3. The molecule has 0 fully saturated rings. The van der Waals surface area contributed by atoms with Crippen LogP contribution < -0.4 is 0 Å². The number of aliphatic hydroxyl groups is 1. The van der Waals surface area contributed by atoms with Gasteiger partial charge >= 0.3 is 10.1 Å². The van der Waals surface area contributed by atoms with Crippen molar-refractivity contribution in [2.75, 3.05) is 0 Å². The van der Waals surface area contributed by atoms with Crippen molar-refractivity contribution >= 4 is 27.5 Å². The molecule has 2 aromatic carbocycles. The summed E-state index contributed by atoms with van der Waals surface area (Å²) in [6.45, 7) is 1.79. The maximum absolute atomic E-state index is 12.9. The largest absolute Gasteiger partial charge is 0.383 e. The Kier molecular flexibility index (Phi) is 4.71. The first-order chi connectivity index (χ1) is 14.2. The Balaban J connectivity index is 1.84. The lowest BCUT2D eigenvalue weighted by molar-refractivity contribution is -0.117.